The van der Waals surface area contributed by atoms with E-state index in [0.29, 0.717) is 24.9 Å². The first-order chi connectivity index (χ1) is 11.8. The summed E-state index contributed by atoms with van der Waals surface area (Å²) >= 11 is 0. The minimum absolute atomic E-state index is 0.0502. The third-order valence-corrected chi connectivity index (χ3v) is 4.66. The van der Waals surface area contributed by atoms with Crippen LogP contribution in [-0.2, 0) is 14.8 Å². The average molecular weight is 363 g/mol. The van der Waals surface area contributed by atoms with Crippen LogP contribution < -0.4 is 15.4 Å². The van der Waals surface area contributed by atoms with Crippen molar-refractivity contribution in [3.8, 4) is 0 Å². The molecule has 0 bridgehead atoms. The SMILES string of the molecule is CC(Nc1nccc(N2CCOC2=O)n1)c1ccc(S(N)(=O)=O)cc1. The Morgan fingerprint density at radius 3 is 2.60 bits per heavy atom. The number of ether oxygens (including phenoxy) is 1. The van der Waals surface area contributed by atoms with E-state index in [0.717, 1.165) is 5.56 Å². The molecule has 0 spiro atoms. The predicted molar refractivity (Wildman–Crippen MR) is 90.6 cm³/mol. The van der Waals surface area contributed by atoms with E-state index in [1.807, 2.05) is 6.92 Å². The normalized spacial score (nSPS) is 15.8. The van der Waals surface area contributed by atoms with Crippen LogP contribution in [0.25, 0.3) is 0 Å². The van der Waals surface area contributed by atoms with Gasteiger partial charge in [-0.1, -0.05) is 12.1 Å². The maximum atomic E-state index is 11.6. The van der Waals surface area contributed by atoms with Crippen LogP contribution in [0.3, 0.4) is 0 Å². The second-order valence-corrected chi connectivity index (χ2v) is 7.05. The number of amides is 1. The number of cyclic esters (lactones) is 1. The number of sulfonamides is 1. The van der Waals surface area contributed by atoms with Gasteiger partial charge in [-0.15, -0.1) is 0 Å². The summed E-state index contributed by atoms with van der Waals surface area (Å²) in [4.78, 5) is 21.5. The first-order valence-electron chi connectivity index (χ1n) is 7.51. The number of primary sulfonamides is 1. The second-order valence-electron chi connectivity index (χ2n) is 5.48. The summed E-state index contributed by atoms with van der Waals surface area (Å²) in [6, 6.07) is 7.66. The van der Waals surface area contributed by atoms with Gasteiger partial charge in [0.2, 0.25) is 16.0 Å². The maximum Gasteiger partial charge on any atom is 0.415 e. The van der Waals surface area contributed by atoms with Gasteiger partial charge in [-0.25, -0.2) is 23.3 Å². The van der Waals surface area contributed by atoms with Gasteiger partial charge >= 0.3 is 6.09 Å². The van der Waals surface area contributed by atoms with E-state index in [4.69, 9.17) is 9.88 Å². The van der Waals surface area contributed by atoms with Crippen molar-refractivity contribution in [3.05, 3.63) is 42.1 Å². The fraction of sp³-hybridized carbons (Fsp3) is 0.267. The molecule has 10 heteroatoms. The Kier molecular flexibility index (Phi) is 4.55. The molecule has 1 aliphatic heterocycles. The molecule has 9 nitrogen and oxygen atoms in total. The molecule has 132 valence electrons. The zero-order valence-corrected chi connectivity index (χ0v) is 14.2. The molecule has 1 amide bonds. The minimum atomic E-state index is -3.72. The second kappa shape index (κ2) is 6.65. The van der Waals surface area contributed by atoms with Crippen molar-refractivity contribution in [2.24, 2.45) is 5.14 Å². The molecule has 1 saturated heterocycles. The van der Waals surface area contributed by atoms with Crippen LogP contribution in [0.4, 0.5) is 16.6 Å². The molecule has 0 aliphatic carbocycles. The van der Waals surface area contributed by atoms with Gasteiger partial charge in [-0.3, -0.25) is 4.90 Å². The number of benzene rings is 1. The largest absolute Gasteiger partial charge is 0.447 e. The topological polar surface area (TPSA) is 128 Å². The van der Waals surface area contributed by atoms with E-state index in [2.05, 4.69) is 15.3 Å². The zero-order valence-electron chi connectivity index (χ0n) is 13.4. The van der Waals surface area contributed by atoms with Gasteiger partial charge in [0.05, 0.1) is 17.5 Å². The molecule has 1 aliphatic rings. The van der Waals surface area contributed by atoms with Gasteiger partial charge in [0.1, 0.15) is 12.4 Å². The number of nitrogens with one attached hydrogen (secondary N) is 1. The van der Waals surface area contributed by atoms with Crippen molar-refractivity contribution < 1.29 is 17.9 Å². The Morgan fingerprint density at radius 2 is 2.00 bits per heavy atom. The quantitative estimate of drug-likeness (QED) is 0.818. The summed E-state index contributed by atoms with van der Waals surface area (Å²) in [5.74, 6) is 0.803. The van der Waals surface area contributed by atoms with Gasteiger partial charge < -0.3 is 10.1 Å². The third-order valence-electron chi connectivity index (χ3n) is 3.73. The zero-order chi connectivity index (χ0) is 18.0. The van der Waals surface area contributed by atoms with Crippen molar-refractivity contribution in [2.75, 3.05) is 23.4 Å². The highest BCUT2D eigenvalue weighted by atomic mass is 32.2. The highest BCUT2D eigenvalue weighted by molar-refractivity contribution is 7.89. The van der Waals surface area contributed by atoms with Gasteiger partial charge in [0.15, 0.2) is 0 Å². The van der Waals surface area contributed by atoms with Gasteiger partial charge in [0.25, 0.3) is 0 Å². The first kappa shape index (κ1) is 17.1. The van der Waals surface area contributed by atoms with Crippen molar-refractivity contribution in [1.82, 2.24) is 9.97 Å². The van der Waals surface area contributed by atoms with Crippen LogP contribution >= 0.6 is 0 Å². The van der Waals surface area contributed by atoms with Gasteiger partial charge in [-0.05, 0) is 30.7 Å². The molecular formula is C15H17N5O4S. The molecule has 1 aromatic carbocycles. The van der Waals surface area contributed by atoms with Crippen LogP contribution in [0.15, 0.2) is 41.4 Å². The summed E-state index contributed by atoms with van der Waals surface area (Å²) in [6.45, 7) is 2.66. The third kappa shape index (κ3) is 3.86. The summed E-state index contributed by atoms with van der Waals surface area (Å²) in [7, 11) is -3.72. The molecule has 2 aromatic rings. The standard InChI is InChI=1S/C15H17N5O4S/c1-10(11-2-4-12(5-3-11)25(16,22)23)18-14-17-7-6-13(19-14)20-8-9-24-15(20)21/h2-7,10H,8-9H2,1H3,(H2,16,22,23)(H,17,18,19). The molecule has 1 aromatic heterocycles. The number of anilines is 2. The van der Waals surface area contributed by atoms with Crippen molar-refractivity contribution in [2.45, 2.75) is 17.9 Å². The van der Waals surface area contributed by atoms with Crippen LogP contribution in [0.5, 0.6) is 0 Å². The molecule has 0 radical (unpaired) electrons. The average Bonchev–Trinajstić information content (AvgIpc) is 3.00. The smallest absolute Gasteiger partial charge is 0.415 e. The molecule has 1 unspecified atom stereocenters. The fourth-order valence-corrected chi connectivity index (χ4v) is 2.91. The number of aromatic nitrogens is 2. The summed E-state index contributed by atoms with van der Waals surface area (Å²) in [5.41, 5.74) is 0.835. The summed E-state index contributed by atoms with van der Waals surface area (Å²) in [6.07, 6.45) is 1.11. The lowest BCUT2D eigenvalue weighted by Crippen LogP contribution is -2.25. The van der Waals surface area contributed by atoms with Gasteiger partial charge in [-0.2, -0.15) is 4.98 Å². The molecule has 25 heavy (non-hydrogen) atoms. The maximum absolute atomic E-state index is 11.6. The lowest BCUT2D eigenvalue weighted by Gasteiger charge is -2.16. The monoisotopic (exact) mass is 363 g/mol. The van der Waals surface area contributed by atoms with Crippen LogP contribution in [0.2, 0.25) is 0 Å². The number of nitrogens with zero attached hydrogens (tertiary/aromatic N) is 3. The van der Waals surface area contributed by atoms with E-state index in [9.17, 15) is 13.2 Å². The molecule has 0 saturated carbocycles. The predicted octanol–water partition coefficient (Wildman–Crippen LogP) is 1.25. The van der Waals surface area contributed by atoms with Crippen LogP contribution in [0, 0.1) is 0 Å². The Labute approximate surface area is 144 Å². The molecule has 1 fully saturated rings. The molecule has 1 atom stereocenters. The minimum Gasteiger partial charge on any atom is -0.447 e. The van der Waals surface area contributed by atoms with Crippen molar-refractivity contribution in [1.29, 1.82) is 0 Å². The first-order valence-corrected chi connectivity index (χ1v) is 9.06. The van der Waals surface area contributed by atoms with E-state index < -0.39 is 16.1 Å². The summed E-state index contributed by atoms with van der Waals surface area (Å²) < 4.78 is 27.5. The number of hydrogen-bond acceptors (Lipinski definition) is 7. The number of hydrogen-bond donors (Lipinski definition) is 2. The van der Waals surface area contributed by atoms with Crippen LogP contribution in [-0.4, -0.2) is 37.6 Å². The number of rotatable bonds is 5. The van der Waals surface area contributed by atoms with E-state index >= 15 is 0 Å². The van der Waals surface area contributed by atoms with Crippen LogP contribution in [0.1, 0.15) is 18.5 Å². The summed E-state index contributed by atoms with van der Waals surface area (Å²) in [5, 5.41) is 8.20. The lowest BCUT2D eigenvalue weighted by molar-refractivity contribution is 0.181. The molecule has 3 N–H and O–H groups in total. The molecule has 2 heterocycles. The van der Waals surface area contributed by atoms with Gasteiger partial charge in [0, 0.05) is 6.20 Å². The van der Waals surface area contributed by atoms with E-state index in [-0.39, 0.29) is 10.9 Å². The van der Waals surface area contributed by atoms with E-state index in [1.54, 1.807) is 24.4 Å². The Balaban J connectivity index is 1.74. The fourth-order valence-electron chi connectivity index (χ4n) is 2.39. The number of nitrogens with two attached hydrogens (primary N) is 1. The van der Waals surface area contributed by atoms with Crippen molar-refractivity contribution >= 4 is 27.9 Å². The Bertz CT molecular complexity index is 885. The molecular weight excluding hydrogens is 346 g/mol. The lowest BCUT2D eigenvalue weighted by atomic mass is 10.1. The van der Waals surface area contributed by atoms with E-state index in [1.165, 1.54) is 17.0 Å². The highest BCUT2D eigenvalue weighted by Gasteiger charge is 2.25. The number of carbonyl (C=O) groups is 1. The highest BCUT2D eigenvalue weighted by Crippen LogP contribution is 2.21. The number of carbonyl (C=O) groups excluding carboxylic acids is 1. The Morgan fingerprint density at radius 1 is 1.28 bits per heavy atom. The van der Waals surface area contributed by atoms with Crippen molar-refractivity contribution in [3.63, 3.8) is 0 Å². The molecule has 3 rings (SSSR count). The Hall–Kier alpha value is -2.72.